The molecule has 0 radical (unpaired) electrons. The van der Waals surface area contributed by atoms with E-state index in [4.69, 9.17) is 16.3 Å². The number of sulfonamides is 1. The Kier molecular flexibility index (Phi) is 12.5. The number of benzene rings is 4. The van der Waals surface area contributed by atoms with E-state index in [-0.39, 0.29) is 41.0 Å². The van der Waals surface area contributed by atoms with Crippen LogP contribution in [0.4, 0.5) is 15.8 Å². The van der Waals surface area contributed by atoms with Gasteiger partial charge in [-0.15, -0.1) is 0 Å². The van der Waals surface area contributed by atoms with E-state index in [1.807, 2.05) is 32.0 Å². The fourth-order valence-corrected chi connectivity index (χ4v) is 6.83. The lowest BCUT2D eigenvalue weighted by Gasteiger charge is -2.34. The van der Waals surface area contributed by atoms with Crippen LogP contribution in [0.5, 0.6) is 5.75 Å². The van der Waals surface area contributed by atoms with Crippen LogP contribution < -0.4 is 14.4 Å². The molecule has 1 N–H and O–H groups in total. The molecule has 0 bridgehead atoms. The standard InChI is InChI=1S/C36H38ClFN4O7S/c1-5-25(3)39-36(44)33(19-26-9-7-6-8-10-26)40(22-27-12-15-29(38)16-13-27)35(43)23-41(32-20-28(37)14-18-34(32)49-4)50(47,48)30-17-11-24(2)31(21-30)42(45)46/h6-18,20-21,25,33H,5,19,22-23H2,1-4H3,(H,39,44)/t25-,33-/m0/s1. The van der Waals surface area contributed by atoms with E-state index < -0.39 is 55.7 Å². The van der Waals surface area contributed by atoms with Crippen molar-refractivity contribution in [1.29, 1.82) is 0 Å². The minimum absolute atomic E-state index is 0.0489. The Labute approximate surface area is 295 Å². The number of rotatable bonds is 15. The van der Waals surface area contributed by atoms with Gasteiger partial charge in [-0.3, -0.25) is 24.0 Å². The summed E-state index contributed by atoms with van der Waals surface area (Å²) in [6.07, 6.45) is 0.687. The molecule has 4 aromatic carbocycles. The van der Waals surface area contributed by atoms with Gasteiger partial charge in [0, 0.05) is 35.7 Å². The highest BCUT2D eigenvalue weighted by Crippen LogP contribution is 2.36. The quantitative estimate of drug-likeness (QED) is 0.110. The van der Waals surface area contributed by atoms with Gasteiger partial charge in [-0.25, -0.2) is 12.8 Å². The fraction of sp³-hybridized carbons (Fsp3) is 0.278. The summed E-state index contributed by atoms with van der Waals surface area (Å²) >= 11 is 6.32. The molecule has 0 aliphatic carbocycles. The Balaban J connectivity index is 1.89. The molecule has 264 valence electrons. The minimum Gasteiger partial charge on any atom is -0.495 e. The van der Waals surface area contributed by atoms with E-state index in [1.54, 1.807) is 12.1 Å². The summed E-state index contributed by atoms with van der Waals surface area (Å²) in [7, 11) is -3.41. The number of nitrogens with one attached hydrogen (secondary N) is 1. The fourth-order valence-electron chi connectivity index (χ4n) is 5.23. The van der Waals surface area contributed by atoms with Crippen LogP contribution in [0.2, 0.25) is 5.02 Å². The summed E-state index contributed by atoms with van der Waals surface area (Å²) in [4.78, 5) is 40.5. The van der Waals surface area contributed by atoms with Gasteiger partial charge in [0.15, 0.2) is 0 Å². The Morgan fingerprint density at radius 3 is 2.30 bits per heavy atom. The zero-order chi connectivity index (χ0) is 36.6. The van der Waals surface area contributed by atoms with Gasteiger partial charge in [0.2, 0.25) is 11.8 Å². The smallest absolute Gasteiger partial charge is 0.273 e. The number of aryl methyl sites for hydroxylation is 1. The van der Waals surface area contributed by atoms with Crippen LogP contribution in [0.25, 0.3) is 0 Å². The number of amides is 2. The Bertz CT molecular complexity index is 1950. The number of nitrogens with zero attached hydrogens (tertiary/aromatic N) is 3. The molecule has 0 aliphatic rings. The van der Waals surface area contributed by atoms with Crippen LogP contribution in [-0.2, 0) is 32.6 Å². The van der Waals surface area contributed by atoms with Crippen molar-refractivity contribution in [3.63, 3.8) is 0 Å². The molecule has 0 spiro atoms. The highest BCUT2D eigenvalue weighted by molar-refractivity contribution is 7.92. The molecule has 2 amide bonds. The Morgan fingerprint density at radius 2 is 1.68 bits per heavy atom. The first-order valence-corrected chi connectivity index (χ1v) is 17.6. The van der Waals surface area contributed by atoms with Gasteiger partial charge in [-0.2, -0.15) is 0 Å². The molecule has 0 aromatic heterocycles. The van der Waals surface area contributed by atoms with Gasteiger partial charge < -0.3 is 15.0 Å². The maximum atomic E-state index is 14.7. The number of nitro groups is 1. The minimum atomic E-state index is -4.72. The van der Waals surface area contributed by atoms with Gasteiger partial charge >= 0.3 is 0 Å². The van der Waals surface area contributed by atoms with Gasteiger partial charge in [0.1, 0.15) is 24.2 Å². The van der Waals surface area contributed by atoms with Gasteiger partial charge in [-0.05, 0) is 67.8 Å². The van der Waals surface area contributed by atoms with Crippen molar-refractivity contribution in [2.45, 2.75) is 57.1 Å². The highest BCUT2D eigenvalue weighted by Gasteiger charge is 2.36. The Morgan fingerprint density at radius 1 is 1.00 bits per heavy atom. The number of hydrogen-bond donors (Lipinski definition) is 1. The number of anilines is 1. The molecule has 0 heterocycles. The zero-order valence-electron chi connectivity index (χ0n) is 28.0. The molecular formula is C36H38ClFN4O7S. The van der Waals surface area contributed by atoms with E-state index in [9.17, 15) is 32.5 Å². The summed E-state index contributed by atoms with van der Waals surface area (Å²) in [5, 5.41) is 14.8. The van der Waals surface area contributed by atoms with Crippen LogP contribution >= 0.6 is 11.6 Å². The molecule has 4 aromatic rings. The second kappa shape index (κ2) is 16.6. The number of ether oxygens (including phenoxy) is 1. The van der Waals surface area contributed by atoms with Crippen molar-refractivity contribution < 1.29 is 32.1 Å². The number of carbonyl (C=O) groups is 2. The third-order valence-corrected chi connectivity index (χ3v) is 10.2. The number of methoxy groups -OCH3 is 1. The van der Waals surface area contributed by atoms with E-state index in [1.165, 1.54) is 73.5 Å². The zero-order valence-corrected chi connectivity index (χ0v) is 29.6. The van der Waals surface area contributed by atoms with E-state index in [0.29, 0.717) is 12.0 Å². The summed E-state index contributed by atoms with van der Waals surface area (Å²) < 4.78 is 49.0. The molecule has 2 atom stereocenters. The van der Waals surface area contributed by atoms with Crippen molar-refractivity contribution in [3.05, 3.63) is 129 Å². The molecule has 4 rings (SSSR count). The van der Waals surface area contributed by atoms with Crippen molar-refractivity contribution in [2.75, 3.05) is 18.0 Å². The third-order valence-electron chi connectivity index (χ3n) is 8.19. The maximum Gasteiger partial charge on any atom is 0.273 e. The molecule has 0 unspecified atom stereocenters. The van der Waals surface area contributed by atoms with Crippen molar-refractivity contribution in [3.8, 4) is 5.75 Å². The number of hydrogen-bond acceptors (Lipinski definition) is 7. The lowest BCUT2D eigenvalue weighted by molar-refractivity contribution is -0.385. The Hall–Kier alpha value is -5.01. The first kappa shape index (κ1) is 37.8. The van der Waals surface area contributed by atoms with Gasteiger partial charge in [0.25, 0.3) is 15.7 Å². The summed E-state index contributed by atoms with van der Waals surface area (Å²) in [6.45, 7) is 4.16. The molecule has 0 saturated carbocycles. The van der Waals surface area contributed by atoms with Gasteiger partial charge in [0.05, 0.1) is 22.6 Å². The van der Waals surface area contributed by atoms with Gasteiger partial charge in [-0.1, -0.05) is 67.1 Å². The molecule has 14 heteroatoms. The van der Waals surface area contributed by atoms with Crippen LogP contribution in [0.1, 0.15) is 37.0 Å². The van der Waals surface area contributed by atoms with Crippen LogP contribution in [-0.4, -0.2) is 55.8 Å². The average molecular weight is 725 g/mol. The molecule has 0 saturated heterocycles. The van der Waals surface area contributed by atoms with Crippen LogP contribution in [0.3, 0.4) is 0 Å². The highest BCUT2D eigenvalue weighted by atomic mass is 35.5. The van der Waals surface area contributed by atoms with Crippen LogP contribution in [0, 0.1) is 22.9 Å². The number of nitro benzene ring substituents is 1. The van der Waals surface area contributed by atoms with E-state index >= 15 is 0 Å². The topological polar surface area (TPSA) is 139 Å². The first-order valence-electron chi connectivity index (χ1n) is 15.7. The summed E-state index contributed by atoms with van der Waals surface area (Å²) in [5.74, 6) is -1.71. The maximum absolute atomic E-state index is 14.7. The monoisotopic (exact) mass is 724 g/mol. The summed E-state index contributed by atoms with van der Waals surface area (Å²) in [5.41, 5.74) is 0.915. The van der Waals surface area contributed by atoms with Crippen molar-refractivity contribution in [1.82, 2.24) is 10.2 Å². The van der Waals surface area contributed by atoms with Crippen LogP contribution in [0.15, 0.2) is 95.9 Å². The van der Waals surface area contributed by atoms with Crippen molar-refractivity contribution in [2.24, 2.45) is 0 Å². The largest absolute Gasteiger partial charge is 0.495 e. The second-order valence-electron chi connectivity index (χ2n) is 11.7. The SMILES string of the molecule is CC[C@H](C)NC(=O)[C@H](Cc1ccccc1)N(Cc1ccc(F)cc1)C(=O)CN(c1cc(Cl)ccc1OC)S(=O)(=O)c1ccc(C)c([N+](=O)[O-])c1. The average Bonchev–Trinajstić information content (AvgIpc) is 3.09. The lowest BCUT2D eigenvalue weighted by atomic mass is 10.0. The molecule has 0 aliphatic heterocycles. The normalized spacial score (nSPS) is 12.4. The summed E-state index contributed by atoms with van der Waals surface area (Å²) in [6, 6.07) is 20.7. The molecule has 0 fully saturated rings. The third kappa shape index (κ3) is 9.16. The van der Waals surface area contributed by atoms with E-state index in [0.717, 1.165) is 15.9 Å². The predicted octanol–water partition coefficient (Wildman–Crippen LogP) is 6.45. The lowest BCUT2D eigenvalue weighted by Crippen LogP contribution is -2.54. The molecular weight excluding hydrogens is 687 g/mol. The molecule has 11 nitrogen and oxygen atoms in total. The van der Waals surface area contributed by atoms with Crippen molar-refractivity contribution >= 4 is 44.8 Å². The first-order chi connectivity index (χ1) is 23.7. The molecule has 50 heavy (non-hydrogen) atoms. The predicted molar refractivity (Wildman–Crippen MR) is 189 cm³/mol. The second-order valence-corrected chi connectivity index (χ2v) is 14.0. The number of halogens is 2. The number of carbonyl (C=O) groups excluding carboxylic acids is 2. The van der Waals surface area contributed by atoms with E-state index in [2.05, 4.69) is 5.32 Å².